The minimum atomic E-state index is -4.66. The number of para-hydroxylation sites is 2. The molecule has 1 N–H and O–H groups in total. The van der Waals surface area contributed by atoms with E-state index in [2.05, 4.69) is 9.97 Å². The maximum Gasteiger partial charge on any atom is 0.449 e. The molecular weight excluding hydrogens is 525 g/mol. The van der Waals surface area contributed by atoms with E-state index in [-0.39, 0.29) is 39.8 Å². The number of rotatable bonds is 6. The lowest BCUT2D eigenvalue weighted by Crippen LogP contribution is -2.24. The van der Waals surface area contributed by atoms with Crippen molar-refractivity contribution in [1.29, 1.82) is 0 Å². The second-order valence-corrected chi connectivity index (χ2v) is 9.33. The molecule has 0 aliphatic carbocycles. The van der Waals surface area contributed by atoms with E-state index < -0.39 is 29.7 Å². The number of benzene rings is 3. The summed E-state index contributed by atoms with van der Waals surface area (Å²) in [6.07, 6.45) is -4.66. The van der Waals surface area contributed by atoms with Gasteiger partial charge in [-0.3, -0.25) is 9.59 Å². The lowest BCUT2D eigenvalue weighted by Gasteiger charge is -2.13. The van der Waals surface area contributed by atoms with E-state index in [1.54, 1.807) is 42.5 Å². The predicted octanol–water partition coefficient (Wildman–Crippen LogP) is 5.30. The minimum absolute atomic E-state index is 0.00223. The van der Waals surface area contributed by atoms with Crippen molar-refractivity contribution in [1.82, 2.24) is 19.4 Å². The molecule has 0 radical (unpaired) electrons. The average molecular weight is 549 g/mol. The summed E-state index contributed by atoms with van der Waals surface area (Å²) in [5.41, 5.74) is 1.76. The van der Waals surface area contributed by atoms with Crippen molar-refractivity contribution in [2.24, 2.45) is 0 Å². The minimum Gasteiger partial charge on any atom is -0.465 e. The van der Waals surface area contributed by atoms with Gasteiger partial charge in [0.1, 0.15) is 5.69 Å². The number of aromatic amines is 1. The molecule has 5 aromatic rings. The molecule has 0 aliphatic rings. The smallest absolute Gasteiger partial charge is 0.449 e. The van der Waals surface area contributed by atoms with Gasteiger partial charge in [-0.15, -0.1) is 0 Å². The molecule has 0 saturated heterocycles. The van der Waals surface area contributed by atoms with E-state index in [1.165, 1.54) is 50.4 Å². The number of hydrogen-bond donors (Lipinski definition) is 1. The number of amides is 1. The number of aromatic nitrogens is 3. The fourth-order valence-electron chi connectivity index (χ4n) is 4.68. The van der Waals surface area contributed by atoms with Crippen molar-refractivity contribution in [2.45, 2.75) is 12.7 Å². The number of carbonyl (C=O) groups is 3. The topological polar surface area (TPSA) is 97.3 Å². The Bertz CT molecular complexity index is 1780. The predicted molar refractivity (Wildman–Crippen MR) is 141 cm³/mol. The normalized spacial score (nSPS) is 11.7. The molecular formula is C29H23F3N4O4. The maximum atomic E-state index is 13.8. The number of methoxy groups -OCH3 is 1. The van der Waals surface area contributed by atoms with Gasteiger partial charge >= 0.3 is 12.1 Å². The van der Waals surface area contributed by atoms with Gasteiger partial charge in [-0.2, -0.15) is 13.2 Å². The zero-order valence-corrected chi connectivity index (χ0v) is 21.7. The quantitative estimate of drug-likeness (QED) is 0.229. The number of carbonyl (C=O) groups excluding carboxylic acids is 3. The molecule has 1 amide bonds. The molecule has 0 fully saturated rings. The Hall–Kier alpha value is -4.93. The lowest BCUT2D eigenvalue weighted by atomic mass is 9.96. The third kappa shape index (κ3) is 4.59. The highest BCUT2D eigenvalue weighted by molar-refractivity contribution is 6.24. The molecule has 0 bridgehead atoms. The van der Waals surface area contributed by atoms with Crippen LogP contribution in [0.2, 0.25) is 0 Å². The zero-order chi connectivity index (χ0) is 28.8. The van der Waals surface area contributed by atoms with E-state index >= 15 is 0 Å². The molecule has 8 nitrogen and oxygen atoms in total. The number of nitrogens with zero attached hydrogens (tertiary/aromatic N) is 3. The number of H-pyrrole nitrogens is 1. The van der Waals surface area contributed by atoms with Crippen LogP contribution in [0.4, 0.5) is 13.2 Å². The molecule has 0 saturated carbocycles. The first kappa shape index (κ1) is 26.7. The summed E-state index contributed by atoms with van der Waals surface area (Å²) in [6.45, 7) is -0.131. The molecule has 0 atom stereocenters. The molecule has 0 unspecified atom stereocenters. The first-order valence-corrected chi connectivity index (χ1v) is 12.1. The van der Waals surface area contributed by atoms with Crippen LogP contribution >= 0.6 is 0 Å². The highest BCUT2D eigenvalue weighted by atomic mass is 19.4. The molecule has 3 aromatic carbocycles. The lowest BCUT2D eigenvalue weighted by molar-refractivity contribution is -0.146. The number of ketones is 1. The van der Waals surface area contributed by atoms with Crippen molar-refractivity contribution in [2.75, 3.05) is 21.2 Å². The van der Waals surface area contributed by atoms with E-state index in [1.807, 2.05) is 0 Å². The van der Waals surface area contributed by atoms with Gasteiger partial charge in [0.25, 0.3) is 5.91 Å². The molecule has 2 heterocycles. The van der Waals surface area contributed by atoms with Gasteiger partial charge in [-0.05, 0) is 29.8 Å². The summed E-state index contributed by atoms with van der Waals surface area (Å²) in [7, 11) is 4.29. The summed E-state index contributed by atoms with van der Waals surface area (Å²) in [5.74, 6) is -2.71. The number of fused-ring (bicyclic) bond motifs is 2. The number of imidazole rings is 1. The van der Waals surface area contributed by atoms with Crippen LogP contribution in [0.3, 0.4) is 0 Å². The molecule has 0 aliphatic heterocycles. The number of halogens is 3. The van der Waals surface area contributed by atoms with Gasteiger partial charge < -0.3 is 19.2 Å². The van der Waals surface area contributed by atoms with Gasteiger partial charge in [0.15, 0.2) is 5.78 Å². The van der Waals surface area contributed by atoms with Gasteiger partial charge in [0.05, 0.1) is 29.3 Å². The Kier molecular flexibility index (Phi) is 6.66. The Morgan fingerprint density at radius 3 is 2.33 bits per heavy atom. The van der Waals surface area contributed by atoms with Crippen molar-refractivity contribution in [3.8, 4) is 0 Å². The molecule has 40 heavy (non-hydrogen) atoms. The Morgan fingerprint density at radius 2 is 1.68 bits per heavy atom. The fourth-order valence-corrected chi connectivity index (χ4v) is 4.68. The third-order valence-electron chi connectivity index (χ3n) is 6.54. The molecule has 204 valence electrons. The summed E-state index contributed by atoms with van der Waals surface area (Å²) in [6, 6.07) is 17.1. The van der Waals surface area contributed by atoms with Crippen LogP contribution in [0.1, 0.15) is 48.2 Å². The number of nitrogens with one attached hydrogen (secondary N) is 1. The van der Waals surface area contributed by atoms with Gasteiger partial charge in [-0.1, -0.05) is 42.5 Å². The highest BCUT2D eigenvalue weighted by Crippen LogP contribution is 2.33. The van der Waals surface area contributed by atoms with Crippen molar-refractivity contribution in [3.05, 3.63) is 101 Å². The summed E-state index contributed by atoms with van der Waals surface area (Å²) in [4.78, 5) is 47.3. The second-order valence-electron chi connectivity index (χ2n) is 9.33. The third-order valence-corrected chi connectivity index (χ3v) is 6.54. The van der Waals surface area contributed by atoms with Crippen LogP contribution in [-0.2, 0) is 17.5 Å². The standard InChI is InChI=1S/C29H23F3N4O4/c1-35(2)26(38)24-23(22-18(27(39)40-3)7-6-9-20(22)33-24)25(37)17-13-11-16(12-14-17)15-36-21-10-5-4-8-19(21)34-28(36)29(30,31)32/h4-14,33H,15H2,1-3H3. The van der Waals surface area contributed by atoms with E-state index in [4.69, 9.17) is 4.74 Å². The van der Waals surface area contributed by atoms with Crippen LogP contribution in [0.15, 0.2) is 66.7 Å². The van der Waals surface area contributed by atoms with Crippen molar-refractivity contribution < 1.29 is 32.3 Å². The van der Waals surface area contributed by atoms with Gasteiger partial charge in [0.2, 0.25) is 5.82 Å². The molecule has 2 aromatic heterocycles. The van der Waals surface area contributed by atoms with Crippen LogP contribution < -0.4 is 0 Å². The largest absolute Gasteiger partial charge is 0.465 e. The summed E-state index contributed by atoms with van der Waals surface area (Å²) in [5, 5.41) is 0.244. The van der Waals surface area contributed by atoms with Gasteiger partial charge in [0, 0.05) is 37.1 Å². The highest BCUT2D eigenvalue weighted by Gasteiger charge is 2.37. The zero-order valence-electron chi connectivity index (χ0n) is 21.7. The molecule has 0 spiro atoms. The molecule has 5 rings (SSSR count). The van der Waals surface area contributed by atoms with E-state index in [9.17, 15) is 27.6 Å². The van der Waals surface area contributed by atoms with Gasteiger partial charge in [-0.25, -0.2) is 9.78 Å². The number of hydrogen-bond acceptors (Lipinski definition) is 5. The van der Waals surface area contributed by atoms with Crippen LogP contribution in [-0.4, -0.2) is 58.3 Å². The summed E-state index contributed by atoms with van der Waals surface area (Å²) >= 11 is 0. The van der Waals surface area contributed by atoms with Crippen molar-refractivity contribution >= 4 is 39.6 Å². The monoisotopic (exact) mass is 548 g/mol. The van der Waals surface area contributed by atoms with Crippen LogP contribution in [0.5, 0.6) is 0 Å². The second kappa shape index (κ2) is 9.99. The Labute approximate surface area is 226 Å². The van der Waals surface area contributed by atoms with Crippen molar-refractivity contribution in [3.63, 3.8) is 0 Å². The summed E-state index contributed by atoms with van der Waals surface area (Å²) < 4.78 is 47.1. The first-order chi connectivity index (χ1) is 19.0. The van der Waals surface area contributed by atoms with Crippen LogP contribution in [0.25, 0.3) is 21.9 Å². The SMILES string of the molecule is COC(=O)c1cccc2[nH]c(C(=O)N(C)C)c(C(=O)c3ccc(Cn4c(C(F)(F)F)nc5ccccc54)cc3)c12. The number of ether oxygens (including phenoxy) is 1. The Balaban J connectivity index is 1.57. The maximum absolute atomic E-state index is 13.8. The first-order valence-electron chi connectivity index (χ1n) is 12.1. The van der Waals surface area contributed by atoms with E-state index in [0.29, 0.717) is 16.6 Å². The van der Waals surface area contributed by atoms with E-state index in [0.717, 1.165) is 4.57 Å². The number of alkyl halides is 3. The average Bonchev–Trinajstić information content (AvgIpc) is 3.51. The Morgan fingerprint density at radius 1 is 0.975 bits per heavy atom. The number of esters is 1. The van der Waals surface area contributed by atoms with Crippen LogP contribution in [0, 0.1) is 0 Å². The molecule has 11 heteroatoms. The fraction of sp³-hybridized carbons (Fsp3) is 0.172.